The molecular formula is C24H20BCl2N5O. The lowest BCUT2D eigenvalue weighted by Gasteiger charge is -2.20. The summed E-state index contributed by atoms with van der Waals surface area (Å²) in [4.78, 5) is 22.4. The fourth-order valence-corrected chi connectivity index (χ4v) is 4.40. The average Bonchev–Trinajstić information content (AvgIpc) is 3.14. The van der Waals surface area contributed by atoms with Crippen LogP contribution in [0.1, 0.15) is 26.6 Å². The summed E-state index contributed by atoms with van der Waals surface area (Å²) in [5.74, 6) is 0.580. The second kappa shape index (κ2) is 7.71. The lowest BCUT2D eigenvalue weighted by molar-refractivity contribution is 0.535. The molecule has 1 N–H and O–H groups in total. The van der Waals surface area contributed by atoms with E-state index in [9.17, 15) is 4.79 Å². The van der Waals surface area contributed by atoms with Gasteiger partial charge in [0.1, 0.15) is 13.7 Å². The van der Waals surface area contributed by atoms with Crippen molar-refractivity contribution in [3.05, 3.63) is 74.9 Å². The monoisotopic (exact) mass is 475 g/mol. The zero-order valence-corrected chi connectivity index (χ0v) is 20.1. The molecule has 9 heteroatoms. The van der Waals surface area contributed by atoms with Crippen LogP contribution in [0.4, 0.5) is 0 Å². The number of H-pyrrole nitrogens is 1. The Hall–Kier alpha value is -3.16. The van der Waals surface area contributed by atoms with Gasteiger partial charge in [-0.2, -0.15) is 5.10 Å². The van der Waals surface area contributed by atoms with E-state index in [-0.39, 0.29) is 5.69 Å². The molecule has 0 saturated carbocycles. The molecule has 0 saturated heterocycles. The minimum absolute atomic E-state index is 0.331. The summed E-state index contributed by atoms with van der Waals surface area (Å²) >= 11 is 12.8. The third-order valence-electron chi connectivity index (χ3n) is 5.55. The average molecular weight is 476 g/mol. The highest BCUT2D eigenvalue weighted by Gasteiger charge is 2.25. The second-order valence-corrected chi connectivity index (χ2v) is 9.96. The third kappa shape index (κ3) is 3.71. The van der Waals surface area contributed by atoms with E-state index in [0.717, 1.165) is 22.2 Å². The standard InChI is InChI=1S/C24H20BCl2N5O/c1-24(2,3)22-29-20-17(21-30-31-23(33)32(21)22)11-16(12-4-7-14(26)8-5-12)19(28-20)15-9-6-13(25)10-18(15)27/h4-11H,25H2,1-3H3,(H,31,33). The molecule has 0 atom stereocenters. The van der Waals surface area contributed by atoms with Gasteiger partial charge in [-0.3, -0.25) is 0 Å². The van der Waals surface area contributed by atoms with E-state index >= 15 is 0 Å². The molecule has 3 heterocycles. The first-order valence-corrected chi connectivity index (χ1v) is 11.2. The summed E-state index contributed by atoms with van der Waals surface area (Å²) < 4.78 is 1.52. The highest BCUT2D eigenvalue weighted by molar-refractivity contribution is 6.38. The molecule has 0 unspecified atom stereocenters. The molecule has 6 nitrogen and oxygen atoms in total. The number of nitrogens with one attached hydrogen (secondary N) is 1. The predicted octanol–water partition coefficient (Wildman–Crippen LogP) is 4.16. The predicted molar refractivity (Wildman–Crippen MR) is 137 cm³/mol. The number of pyridine rings is 1. The van der Waals surface area contributed by atoms with Crippen LogP contribution in [-0.2, 0) is 5.41 Å². The Kier molecular flexibility index (Phi) is 5.07. The Morgan fingerprint density at radius 2 is 1.70 bits per heavy atom. The first-order valence-electron chi connectivity index (χ1n) is 10.5. The molecular weight excluding hydrogens is 456 g/mol. The van der Waals surface area contributed by atoms with Gasteiger partial charge in [-0.15, -0.1) is 0 Å². The van der Waals surface area contributed by atoms with E-state index in [4.69, 9.17) is 33.2 Å². The largest absolute Gasteiger partial charge is 0.349 e. The molecule has 5 rings (SSSR count). The van der Waals surface area contributed by atoms with Crippen LogP contribution in [0.2, 0.25) is 10.0 Å². The Morgan fingerprint density at radius 3 is 2.36 bits per heavy atom. The van der Waals surface area contributed by atoms with Gasteiger partial charge in [-0.05, 0) is 29.8 Å². The summed E-state index contributed by atoms with van der Waals surface area (Å²) in [5, 5.41) is 8.77. The van der Waals surface area contributed by atoms with Crippen molar-refractivity contribution in [3.63, 3.8) is 0 Å². The summed E-state index contributed by atoms with van der Waals surface area (Å²) in [6, 6.07) is 15.4. The minimum Gasteiger partial charge on any atom is -0.246 e. The number of nitrogens with zero attached hydrogens (tertiary/aromatic N) is 4. The Morgan fingerprint density at radius 1 is 0.970 bits per heavy atom. The SMILES string of the molecule is Bc1ccc(-c2nc3nc(C(C)(C)C)n4c(=O)[nH]nc4c3cc2-c2ccc(Cl)cc2)c(Cl)c1. The smallest absolute Gasteiger partial charge is 0.246 e. The molecule has 0 fully saturated rings. The van der Waals surface area contributed by atoms with Crippen molar-refractivity contribution in [1.82, 2.24) is 24.6 Å². The number of aromatic amines is 1. The maximum Gasteiger partial charge on any atom is 0.349 e. The van der Waals surface area contributed by atoms with E-state index in [1.54, 1.807) is 0 Å². The molecule has 164 valence electrons. The highest BCUT2D eigenvalue weighted by atomic mass is 35.5. The minimum atomic E-state index is -0.404. The lowest BCUT2D eigenvalue weighted by Crippen LogP contribution is -2.25. The van der Waals surface area contributed by atoms with Crippen LogP contribution in [0.15, 0.2) is 53.3 Å². The van der Waals surface area contributed by atoms with E-state index in [0.29, 0.717) is 38.2 Å². The zero-order chi connectivity index (χ0) is 23.5. The van der Waals surface area contributed by atoms with Crippen molar-refractivity contribution >= 4 is 53.2 Å². The molecule has 0 spiro atoms. The van der Waals surface area contributed by atoms with Gasteiger partial charge < -0.3 is 0 Å². The normalized spacial score (nSPS) is 12.0. The Bertz CT molecular complexity index is 1600. The van der Waals surface area contributed by atoms with Gasteiger partial charge in [0.25, 0.3) is 0 Å². The molecule has 0 radical (unpaired) electrons. The van der Waals surface area contributed by atoms with Crippen LogP contribution in [0.5, 0.6) is 0 Å². The van der Waals surface area contributed by atoms with Gasteiger partial charge >= 0.3 is 5.69 Å². The van der Waals surface area contributed by atoms with Gasteiger partial charge in [0, 0.05) is 26.6 Å². The van der Waals surface area contributed by atoms with Crippen LogP contribution in [0.25, 0.3) is 39.1 Å². The molecule has 0 amide bonds. The van der Waals surface area contributed by atoms with Gasteiger partial charge in [-0.1, -0.05) is 73.7 Å². The van der Waals surface area contributed by atoms with Crippen LogP contribution >= 0.6 is 23.2 Å². The van der Waals surface area contributed by atoms with Crippen molar-refractivity contribution in [2.24, 2.45) is 0 Å². The number of hydrogen-bond donors (Lipinski definition) is 1. The molecule has 0 aliphatic rings. The summed E-state index contributed by atoms with van der Waals surface area (Å²) in [7, 11) is 1.99. The maximum absolute atomic E-state index is 12.6. The van der Waals surface area contributed by atoms with Crippen LogP contribution in [-0.4, -0.2) is 32.4 Å². The number of benzene rings is 2. The van der Waals surface area contributed by atoms with Gasteiger partial charge in [-0.25, -0.2) is 24.3 Å². The Labute approximate surface area is 201 Å². The zero-order valence-electron chi connectivity index (χ0n) is 18.6. The molecule has 33 heavy (non-hydrogen) atoms. The van der Waals surface area contributed by atoms with Crippen LogP contribution in [0.3, 0.4) is 0 Å². The fraction of sp³-hybridized carbons (Fsp3) is 0.167. The van der Waals surface area contributed by atoms with Crippen molar-refractivity contribution < 1.29 is 0 Å². The second-order valence-electron chi connectivity index (χ2n) is 9.12. The van der Waals surface area contributed by atoms with E-state index in [1.807, 2.05) is 77.1 Å². The maximum atomic E-state index is 12.6. The topological polar surface area (TPSA) is 75.9 Å². The summed E-state index contributed by atoms with van der Waals surface area (Å²) in [6.07, 6.45) is 0. The van der Waals surface area contributed by atoms with E-state index in [1.165, 1.54) is 4.40 Å². The van der Waals surface area contributed by atoms with Crippen molar-refractivity contribution in [2.45, 2.75) is 26.2 Å². The van der Waals surface area contributed by atoms with Crippen molar-refractivity contribution in [3.8, 4) is 22.4 Å². The Balaban J connectivity index is 1.93. The molecule has 3 aromatic heterocycles. The number of fused-ring (bicyclic) bond motifs is 3. The quantitative estimate of drug-likeness (QED) is 0.389. The fourth-order valence-electron chi connectivity index (χ4n) is 3.95. The van der Waals surface area contributed by atoms with Crippen molar-refractivity contribution in [1.29, 1.82) is 0 Å². The summed E-state index contributed by atoms with van der Waals surface area (Å²) in [6.45, 7) is 6.00. The first kappa shape index (κ1) is 21.7. The third-order valence-corrected chi connectivity index (χ3v) is 6.11. The molecule has 0 bridgehead atoms. The van der Waals surface area contributed by atoms with Gasteiger partial charge in [0.2, 0.25) is 0 Å². The van der Waals surface area contributed by atoms with E-state index < -0.39 is 5.41 Å². The van der Waals surface area contributed by atoms with E-state index in [2.05, 4.69) is 10.2 Å². The van der Waals surface area contributed by atoms with Crippen molar-refractivity contribution in [2.75, 3.05) is 0 Å². The van der Waals surface area contributed by atoms with Crippen LogP contribution in [0, 0.1) is 0 Å². The molecule has 0 aliphatic heterocycles. The summed E-state index contributed by atoms with van der Waals surface area (Å²) in [5.41, 5.74) is 4.56. The lowest BCUT2D eigenvalue weighted by atomic mass is 9.92. The van der Waals surface area contributed by atoms with Gasteiger partial charge in [0.05, 0.1) is 11.1 Å². The first-order chi connectivity index (χ1) is 15.6. The molecule has 5 aromatic rings. The van der Waals surface area contributed by atoms with Crippen LogP contribution < -0.4 is 11.2 Å². The number of rotatable bonds is 2. The van der Waals surface area contributed by atoms with Gasteiger partial charge in [0.15, 0.2) is 11.3 Å². The number of hydrogen-bond acceptors (Lipinski definition) is 4. The number of aromatic nitrogens is 5. The molecule has 0 aliphatic carbocycles. The number of halogens is 2. The molecule has 2 aromatic carbocycles. The highest BCUT2D eigenvalue weighted by Crippen LogP contribution is 2.37.